The molecule has 0 saturated heterocycles. The minimum Gasteiger partial charge on any atom is -0.454 e. The highest BCUT2D eigenvalue weighted by molar-refractivity contribution is 9.10. The summed E-state index contributed by atoms with van der Waals surface area (Å²) in [6.45, 7) is 0. The molecular formula is C13H7Br2F2NOS. The molecule has 0 spiro atoms. The molecule has 2 rings (SSSR count). The summed E-state index contributed by atoms with van der Waals surface area (Å²) in [5.41, 5.74) is 5.83. The minimum atomic E-state index is -0.654. The van der Waals surface area contributed by atoms with Gasteiger partial charge in [-0.05, 0) is 56.1 Å². The van der Waals surface area contributed by atoms with E-state index in [9.17, 15) is 8.78 Å². The van der Waals surface area contributed by atoms with Crippen LogP contribution in [0, 0.1) is 11.6 Å². The Morgan fingerprint density at radius 2 is 1.85 bits per heavy atom. The molecular weight excluding hydrogens is 416 g/mol. The molecule has 7 heteroatoms. The van der Waals surface area contributed by atoms with E-state index in [0.717, 1.165) is 6.07 Å². The summed E-state index contributed by atoms with van der Waals surface area (Å²) in [5.74, 6) is -1.03. The molecule has 0 aliphatic carbocycles. The fourth-order valence-electron chi connectivity index (χ4n) is 1.47. The average molecular weight is 423 g/mol. The summed E-state index contributed by atoms with van der Waals surface area (Å²) < 4.78 is 33.2. The first-order valence-electron chi connectivity index (χ1n) is 5.31. The van der Waals surface area contributed by atoms with Crippen LogP contribution in [-0.2, 0) is 0 Å². The van der Waals surface area contributed by atoms with E-state index in [2.05, 4.69) is 31.9 Å². The van der Waals surface area contributed by atoms with E-state index in [1.807, 2.05) is 0 Å². The van der Waals surface area contributed by atoms with E-state index in [1.165, 1.54) is 24.3 Å². The molecule has 2 aromatic carbocycles. The number of halogens is 4. The predicted octanol–water partition coefficient (Wildman–Crippen LogP) is 4.92. The lowest BCUT2D eigenvalue weighted by molar-refractivity contribution is 0.436. The first-order valence-corrected chi connectivity index (χ1v) is 7.30. The molecule has 0 bridgehead atoms. The maximum atomic E-state index is 14.1. The number of rotatable bonds is 3. The molecule has 0 radical (unpaired) electrons. The van der Waals surface area contributed by atoms with Crippen LogP contribution in [0.2, 0.25) is 0 Å². The number of hydrogen-bond donors (Lipinski definition) is 1. The Balaban J connectivity index is 2.37. The highest BCUT2D eigenvalue weighted by atomic mass is 79.9. The third kappa shape index (κ3) is 3.16. The molecule has 0 amide bonds. The number of thiocarbonyl (C=S) groups is 1. The van der Waals surface area contributed by atoms with Crippen LogP contribution < -0.4 is 10.5 Å². The van der Waals surface area contributed by atoms with Crippen molar-refractivity contribution in [1.29, 1.82) is 0 Å². The molecule has 0 unspecified atom stereocenters. The summed E-state index contributed by atoms with van der Waals surface area (Å²) in [7, 11) is 0. The Kier molecular flexibility index (Phi) is 4.72. The number of hydrogen-bond acceptors (Lipinski definition) is 2. The number of nitrogens with two attached hydrogens (primary N) is 1. The van der Waals surface area contributed by atoms with Crippen LogP contribution in [-0.4, -0.2) is 4.99 Å². The highest BCUT2D eigenvalue weighted by Crippen LogP contribution is 2.32. The van der Waals surface area contributed by atoms with E-state index in [-0.39, 0.29) is 21.0 Å². The van der Waals surface area contributed by atoms with Gasteiger partial charge in [0.15, 0.2) is 11.6 Å². The van der Waals surface area contributed by atoms with Gasteiger partial charge < -0.3 is 10.5 Å². The quantitative estimate of drug-likeness (QED) is 0.713. The van der Waals surface area contributed by atoms with Crippen LogP contribution in [0.3, 0.4) is 0 Å². The van der Waals surface area contributed by atoms with E-state index in [0.29, 0.717) is 10.0 Å². The van der Waals surface area contributed by atoms with E-state index in [1.54, 1.807) is 0 Å². The van der Waals surface area contributed by atoms with Crippen molar-refractivity contribution in [2.24, 2.45) is 5.73 Å². The fraction of sp³-hybridized carbons (Fsp3) is 0. The zero-order valence-electron chi connectivity index (χ0n) is 9.79. The molecule has 0 saturated carbocycles. The molecule has 20 heavy (non-hydrogen) atoms. The molecule has 2 aromatic rings. The van der Waals surface area contributed by atoms with Crippen molar-refractivity contribution >= 4 is 49.1 Å². The van der Waals surface area contributed by atoms with Crippen LogP contribution in [0.15, 0.2) is 39.3 Å². The summed E-state index contributed by atoms with van der Waals surface area (Å²) in [4.78, 5) is 0.0667. The molecule has 0 fully saturated rings. The van der Waals surface area contributed by atoms with Gasteiger partial charge in [-0.3, -0.25) is 0 Å². The van der Waals surface area contributed by atoms with Crippen molar-refractivity contribution in [1.82, 2.24) is 0 Å². The van der Waals surface area contributed by atoms with Crippen molar-refractivity contribution in [3.63, 3.8) is 0 Å². The van der Waals surface area contributed by atoms with Gasteiger partial charge in [0.1, 0.15) is 16.6 Å². The topological polar surface area (TPSA) is 35.2 Å². The summed E-state index contributed by atoms with van der Waals surface area (Å²) in [5, 5.41) is 0. The second-order valence-electron chi connectivity index (χ2n) is 3.78. The Hall–Kier alpha value is -1.05. The van der Waals surface area contributed by atoms with Crippen LogP contribution in [0.1, 0.15) is 5.56 Å². The van der Waals surface area contributed by atoms with Gasteiger partial charge in [-0.2, -0.15) is 0 Å². The summed E-state index contributed by atoms with van der Waals surface area (Å²) in [6, 6.07) is 7.05. The van der Waals surface area contributed by atoms with Gasteiger partial charge >= 0.3 is 0 Å². The van der Waals surface area contributed by atoms with Crippen LogP contribution in [0.5, 0.6) is 11.5 Å². The zero-order chi connectivity index (χ0) is 14.9. The van der Waals surface area contributed by atoms with Crippen molar-refractivity contribution in [3.05, 3.63) is 56.5 Å². The normalized spacial score (nSPS) is 10.4. The molecule has 0 atom stereocenters. The largest absolute Gasteiger partial charge is 0.454 e. The SMILES string of the molecule is NC(=S)c1ccc(Oc2ccc(Br)c(F)c2)c(F)c1Br. The molecule has 0 aliphatic heterocycles. The van der Waals surface area contributed by atoms with Crippen molar-refractivity contribution < 1.29 is 13.5 Å². The van der Waals surface area contributed by atoms with Gasteiger partial charge in [-0.1, -0.05) is 12.2 Å². The van der Waals surface area contributed by atoms with Gasteiger partial charge in [0.05, 0.1) is 8.95 Å². The standard InChI is InChI=1S/C13H7Br2F2NOS/c14-8-3-1-6(5-9(8)16)19-10-4-2-7(13(18)20)11(15)12(10)17/h1-5H,(H2,18,20). The molecule has 2 N–H and O–H groups in total. The second-order valence-corrected chi connectivity index (χ2v) is 5.87. The number of benzene rings is 2. The predicted molar refractivity (Wildman–Crippen MR) is 84.2 cm³/mol. The lowest BCUT2D eigenvalue weighted by Gasteiger charge is -2.10. The van der Waals surface area contributed by atoms with Gasteiger partial charge in [-0.25, -0.2) is 8.78 Å². The smallest absolute Gasteiger partial charge is 0.180 e. The minimum absolute atomic E-state index is 0.0569. The Morgan fingerprint density at radius 3 is 2.45 bits per heavy atom. The van der Waals surface area contributed by atoms with Gasteiger partial charge in [-0.15, -0.1) is 0 Å². The van der Waals surface area contributed by atoms with E-state index in [4.69, 9.17) is 22.7 Å². The van der Waals surface area contributed by atoms with E-state index >= 15 is 0 Å². The molecule has 0 heterocycles. The van der Waals surface area contributed by atoms with Gasteiger partial charge in [0, 0.05) is 11.6 Å². The molecule has 104 valence electrons. The Morgan fingerprint density at radius 1 is 1.15 bits per heavy atom. The van der Waals surface area contributed by atoms with Crippen molar-refractivity contribution in [3.8, 4) is 11.5 Å². The summed E-state index contributed by atoms with van der Waals surface area (Å²) in [6.07, 6.45) is 0. The maximum absolute atomic E-state index is 14.1. The second kappa shape index (κ2) is 6.15. The van der Waals surface area contributed by atoms with Crippen LogP contribution in [0.4, 0.5) is 8.78 Å². The lowest BCUT2D eigenvalue weighted by Crippen LogP contribution is -2.11. The maximum Gasteiger partial charge on any atom is 0.180 e. The lowest BCUT2D eigenvalue weighted by atomic mass is 10.2. The fourth-order valence-corrected chi connectivity index (χ4v) is 2.56. The first-order chi connectivity index (χ1) is 9.40. The number of ether oxygens (including phenoxy) is 1. The van der Waals surface area contributed by atoms with Crippen molar-refractivity contribution in [2.45, 2.75) is 0 Å². The first kappa shape index (κ1) is 15.3. The van der Waals surface area contributed by atoms with E-state index < -0.39 is 11.6 Å². The highest BCUT2D eigenvalue weighted by Gasteiger charge is 2.15. The third-order valence-corrected chi connectivity index (χ3v) is 4.07. The molecule has 0 aromatic heterocycles. The Bertz CT molecular complexity index is 694. The average Bonchev–Trinajstić information content (AvgIpc) is 2.39. The van der Waals surface area contributed by atoms with Gasteiger partial charge in [0.25, 0.3) is 0 Å². The third-order valence-electron chi connectivity index (χ3n) is 2.43. The van der Waals surface area contributed by atoms with Crippen LogP contribution in [0.25, 0.3) is 0 Å². The van der Waals surface area contributed by atoms with Crippen molar-refractivity contribution in [2.75, 3.05) is 0 Å². The molecule has 2 nitrogen and oxygen atoms in total. The van der Waals surface area contributed by atoms with Crippen LogP contribution >= 0.6 is 44.1 Å². The summed E-state index contributed by atoms with van der Waals surface area (Å²) >= 11 is 10.9. The molecule has 0 aliphatic rings. The zero-order valence-corrected chi connectivity index (χ0v) is 13.8. The van der Waals surface area contributed by atoms with Gasteiger partial charge in [0.2, 0.25) is 0 Å². The Labute approximate surface area is 136 Å². The monoisotopic (exact) mass is 421 g/mol.